The first-order valence-electron chi connectivity index (χ1n) is 11.6. The first-order chi connectivity index (χ1) is 18.6. The number of carbonyl (C=O) groups excluding carboxylic acids is 1. The van der Waals surface area contributed by atoms with Crippen molar-refractivity contribution in [2.24, 2.45) is 0 Å². The van der Waals surface area contributed by atoms with Crippen LogP contribution in [0.1, 0.15) is 33.6 Å². The van der Waals surface area contributed by atoms with E-state index in [2.05, 4.69) is 20.9 Å². The largest absolute Gasteiger partial charge is 0.348 e. The van der Waals surface area contributed by atoms with Crippen LogP contribution in [0.5, 0.6) is 0 Å². The normalized spacial score (nSPS) is 12.4. The van der Waals surface area contributed by atoms with Crippen LogP contribution in [0.15, 0.2) is 88.9 Å². The Morgan fingerprint density at radius 2 is 1.92 bits per heavy atom. The van der Waals surface area contributed by atoms with Crippen LogP contribution in [-0.2, 0) is 16.3 Å². The lowest BCUT2D eigenvalue weighted by atomic mass is 9.99. The number of hydrogen-bond donors (Lipinski definition) is 2. The number of carbonyl (C=O) groups is 1. The average Bonchev–Trinajstić information content (AvgIpc) is 2.93. The van der Waals surface area contributed by atoms with E-state index in [9.17, 15) is 22.6 Å². The minimum absolute atomic E-state index is 0.0412. The molecule has 4 aromatic rings. The number of aromatic nitrogens is 2. The summed E-state index contributed by atoms with van der Waals surface area (Å²) in [6, 6.07) is 15.2. The first-order valence-corrected chi connectivity index (χ1v) is 13.3. The van der Waals surface area contributed by atoms with Gasteiger partial charge >= 0.3 is 0 Å². The molecule has 1 atom stereocenters. The zero-order valence-corrected chi connectivity index (χ0v) is 21.5. The van der Waals surface area contributed by atoms with Crippen LogP contribution in [0.2, 0.25) is 0 Å². The summed E-state index contributed by atoms with van der Waals surface area (Å²) in [5.41, 5.74) is 1.03. The molecule has 0 aliphatic heterocycles. The van der Waals surface area contributed by atoms with Crippen LogP contribution < -0.4 is 15.5 Å². The summed E-state index contributed by atoms with van der Waals surface area (Å²) in [4.78, 5) is 31.2. The molecule has 1 unspecified atom stereocenters. The van der Waals surface area contributed by atoms with E-state index in [0.717, 1.165) is 0 Å². The minimum atomic E-state index is -2.98. The maximum Gasteiger partial charge on any atom is 0.263 e. The monoisotopic (exact) mass is 547 g/mol. The molecule has 0 aliphatic rings. The second-order valence-electron chi connectivity index (χ2n) is 8.56. The lowest BCUT2D eigenvalue weighted by Crippen LogP contribution is -2.30. The van der Waals surface area contributed by atoms with Gasteiger partial charge < -0.3 is 9.88 Å². The van der Waals surface area contributed by atoms with Crippen molar-refractivity contribution in [2.75, 3.05) is 0 Å². The number of benzene rings is 2. The van der Waals surface area contributed by atoms with Crippen LogP contribution in [0.25, 0.3) is 16.8 Å². The number of nitriles is 1. The summed E-state index contributed by atoms with van der Waals surface area (Å²) in [6.45, 7) is 1.71. The summed E-state index contributed by atoms with van der Waals surface area (Å²) in [6.07, 6.45) is 3.43. The van der Waals surface area contributed by atoms with Gasteiger partial charge in [0.25, 0.3) is 12.3 Å². The number of halogens is 2. The SMILES string of the molecule is C=S(=O)(NC#N)c1ccc(CNC(=O)c2cn(-c3cccnc3)c(C)c(-c3cccc(C(F)F)c3)c2=O)cc1. The molecule has 2 aromatic heterocycles. The second-order valence-corrected chi connectivity index (χ2v) is 10.6. The molecule has 39 heavy (non-hydrogen) atoms. The topological polar surface area (TPSA) is 117 Å². The van der Waals surface area contributed by atoms with Crippen molar-refractivity contribution < 1.29 is 17.8 Å². The Labute approximate surface area is 223 Å². The molecule has 8 nitrogen and oxygen atoms in total. The van der Waals surface area contributed by atoms with Crippen LogP contribution in [-0.4, -0.2) is 25.5 Å². The number of alkyl halides is 2. The Bertz CT molecular complexity index is 1730. The lowest BCUT2D eigenvalue weighted by molar-refractivity contribution is 0.0949. The Morgan fingerprint density at radius 1 is 1.18 bits per heavy atom. The summed E-state index contributed by atoms with van der Waals surface area (Å²) in [5, 5.41) is 11.4. The predicted molar refractivity (Wildman–Crippen MR) is 145 cm³/mol. The molecule has 4 rings (SSSR count). The van der Waals surface area contributed by atoms with Crippen molar-refractivity contribution in [3.8, 4) is 23.0 Å². The Morgan fingerprint density at radius 3 is 2.56 bits per heavy atom. The van der Waals surface area contributed by atoms with E-state index in [1.54, 1.807) is 60.4 Å². The van der Waals surface area contributed by atoms with E-state index in [0.29, 0.717) is 21.8 Å². The van der Waals surface area contributed by atoms with Crippen LogP contribution in [0, 0.1) is 18.4 Å². The standard InChI is InChI=1S/C28H23F2N5O3S/c1-18-25(20-5-3-6-21(13-20)27(29)30)26(36)24(16-35(18)22-7-4-12-32-15-22)28(37)33-14-19-8-10-23(11-9-19)39(2,38)34-17-31/h3-13,15-16,27H,2,14H2,1H3,(H,33,37)(H,34,38). The van der Waals surface area contributed by atoms with Gasteiger partial charge in [-0.15, -0.1) is 0 Å². The maximum atomic E-state index is 13.6. The van der Waals surface area contributed by atoms with Gasteiger partial charge in [-0.2, -0.15) is 5.26 Å². The fraction of sp³-hybridized carbons (Fsp3) is 0.107. The molecule has 0 aliphatic carbocycles. The molecule has 0 fully saturated rings. The molecule has 0 saturated heterocycles. The van der Waals surface area contributed by atoms with E-state index in [1.165, 1.54) is 36.5 Å². The summed E-state index contributed by atoms with van der Waals surface area (Å²) < 4.78 is 43.0. The fourth-order valence-corrected chi connectivity index (χ4v) is 4.88. The lowest BCUT2D eigenvalue weighted by Gasteiger charge is -2.17. The fourth-order valence-electron chi connectivity index (χ4n) is 4.04. The van der Waals surface area contributed by atoms with Gasteiger partial charge in [0.2, 0.25) is 5.43 Å². The molecule has 1 amide bonds. The van der Waals surface area contributed by atoms with Crippen LogP contribution in [0.4, 0.5) is 8.78 Å². The highest BCUT2D eigenvalue weighted by Gasteiger charge is 2.21. The van der Waals surface area contributed by atoms with E-state index in [1.807, 2.05) is 0 Å². The van der Waals surface area contributed by atoms with Gasteiger partial charge in [0.15, 0.2) is 6.19 Å². The third-order valence-electron chi connectivity index (χ3n) is 6.02. The molecule has 0 radical (unpaired) electrons. The van der Waals surface area contributed by atoms with Gasteiger partial charge in [0.1, 0.15) is 5.56 Å². The highest BCUT2D eigenvalue weighted by Crippen LogP contribution is 2.27. The first kappa shape index (κ1) is 27.2. The van der Waals surface area contributed by atoms with Gasteiger partial charge in [0, 0.05) is 35.8 Å². The van der Waals surface area contributed by atoms with Gasteiger partial charge in [0.05, 0.1) is 26.5 Å². The van der Waals surface area contributed by atoms with Crippen molar-refractivity contribution >= 4 is 21.5 Å². The highest BCUT2D eigenvalue weighted by atomic mass is 32.2. The van der Waals surface area contributed by atoms with Crippen molar-refractivity contribution in [1.29, 1.82) is 5.26 Å². The molecule has 198 valence electrons. The minimum Gasteiger partial charge on any atom is -0.348 e. The number of nitrogens with one attached hydrogen (secondary N) is 2. The second kappa shape index (κ2) is 11.3. The third-order valence-corrected chi connectivity index (χ3v) is 7.47. The molecule has 11 heteroatoms. The quantitative estimate of drug-likeness (QED) is 0.195. The van der Waals surface area contributed by atoms with E-state index < -0.39 is 27.5 Å². The van der Waals surface area contributed by atoms with Gasteiger partial charge in [-0.25, -0.2) is 17.7 Å². The summed E-state index contributed by atoms with van der Waals surface area (Å²) in [7, 11) is -2.98. The van der Waals surface area contributed by atoms with E-state index in [-0.39, 0.29) is 28.8 Å². The van der Waals surface area contributed by atoms with Gasteiger partial charge in [-0.3, -0.25) is 14.6 Å². The van der Waals surface area contributed by atoms with Gasteiger partial charge in [-0.05, 0) is 54.3 Å². The summed E-state index contributed by atoms with van der Waals surface area (Å²) in [5.74, 6) is 2.85. The predicted octanol–water partition coefficient (Wildman–Crippen LogP) is 4.14. The Hall–Kier alpha value is -4.82. The zero-order chi connectivity index (χ0) is 28.2. The van der Waals surface area contributed by atoms with Crippen molar-refractivity contribution in [2.45, 2.75) is 24.8 Å². The Balaban J connectivity index is 1.72. The number of nitrogens with zero attached hydrogens (tertiary/aromatic N) is 3. The molecule has 0 spiro atoms. The zero-order valence-electron chi connectivity index (χ0n) is 20.7. The molecule has 0 saturated carbocycles. The molecule has 2 N–H and O–H groups in total. The van der Waals surface area contributed by atoms with Crippen LogP contribution in [0.3, 0.4) is 0 Å². The maximum absolute atomic E-state index is 13.6. The molecule has 2 heterocycles. The number of amides is 1. The molecular weight excluding hydrogens is 524 g/mol. The van der Waals surface area contributed by atoms with Crippen molar-refractivity contribution in [1.82, 2.24) is 19.6 Å². The van der Waals surface area contributed by atoms with Crippen molar-refractivity contribution in [3.63, 3.8) is 0 Å². The summed E-state index contributed by atoms with van der Waals surface area (Å²) >= 11 is 0. The van der Waals surface area contributed by atoms with Gasteiger partial charge in [-0.1, -0.05) is 30.3 Å². The average molecular weight is 548 g/mol. The molecule has 2 aromatic carbocycles. The van der Waals surface area contributed by atoms with Crippen molar-refractivity contribution in [3.05, 3.63) is 112 Å². The Kier molecular flexibility index (Phi) is 7.88. The van der Waals surface area contributed by atoms with E-state index in [4.69, 9.17) is 5.26 Å². The number of rotatable bonds is 8. The van der Waals surface area contributed by atoms with E-state index >= 15 is 0 Å². The highest BCUT2D eigenvalue weighted by molar-refractivity contribution is 7.98. The smallest absolute Gasteiger partial charge is 0.263 e. The van der Waals surface area contributed by atoms with Crippen LogP contribution >= 0.6 is 0 Å². The number of hydrogen-bond acceptors (Lipinski definition) is 5. The molecular formula is C28H23F2N5O3S. The third kappa shape index (κ3) is 5.86. The number of pyridine rings is 2. The molecule has 0 bridgehead atoms.